The average molecular weight is 302 g/mol. The van der Waals surface area contributed by atoms with Gasteiger partial charge in [-0.15, -0.1) is 0 Å². The summed E-state index contributed by atoms with van der Waals surface area (Å²) in [6, 6.07) is 6.44. The number of rotatable bonds is 3. The quantitative estimate of drug-likeness (QED) is 0.678. The number of alkyl halides is 1. The van der Waals surface area contributed by atoms with Crippen LogP contribution in [-0.2, 0) is 6.42 Å². The van der Waals surface area contributed by atoms with E-state index in [0.717, 1.165) is 16.8 Å². The molecule has 0 N–H and O–H groups in total. The van der Waals surface area contributed by atoms with Gasteiger partial charge in [-0.3, -0.25) is 0 Å². The Morgan fingerprint density at radius 2 is 2.00 bits per heavy atom. The van der Waals surface area contributed by atoms with E-state index in [9.17, 15) is 0 Å². The molecule has 0 saturated heterocycles. The molecule has 88 valence electrons. The third kappa shape index (κ3) is 2.62. The second kappa shape index (κ2) is 5.10. The zero-order valence-electron chi connectivity index (χ0n) is 9.73. The second-order valence-electron chi connectivity index (χ2n) is 5.11. The van der Waals surface area contributed by atoms with E-state index in [1.165, 1.54) is 36.8 Å². The standard InChI is InChI=1S/C14H18BrCl/c1-11-4-5-12(13(16)8-11)9-14(10-15)6-2-3-7-14/h4-5,8H,2-3,6-7,9-10H2,1H3. The van der Waals surface area contributed by atoms with Crippen molar-refractivity contribution in [2.75, 3.05) is 5.33 Å². The van der Waals surface area contributed by atoms with Gasteiger partial charge in [0.05, 0.1) is 0 Å². The number of benzene rings is 1. The highest BCUT2D eigenvalue weighted by Gasteiger charge is 2.33. The SMILES string of the molecule is Cc1ccc(CC2(CBr)CCCC2)c(Cl)c1. The molecule has 0 aromatic heterocycles. The molecule has 0 radical (unpaired) electrons. The summed E-state index contributed by atoms with van der Waals surface area (Å²) >= 11 is 10.00. The molecule has 0 heterocycles. The molecule has 0 aliphatic heterocycles. The second-order valence-corrected chi connectivity index (χ2v) is 6.08. The number of hydrogen-bond donors (Lipinski definition) is 0. The fourth-order valence-electron chi connectivity index (χ4n) is 2.68. The third-order valence-corrected chi connectivity index (χ3v) is 5.26. The highest BCUT2D eigenvalue weighted by Crippen LogP contribution is 2.43. The van der Waals surface area contributed by atoms with E-state index >= 15 is 0 Å². The first kappa shape index (κ1) is 12.4. The first-order valence-corrected chi connectivity index (χ1v) is 7.46. The number of hydrogen-bond acceptors (Lipinski definition) is 0. The molecule has 1 aliphatic carbocycles. The van der Waals surface area contributed by atoms with Crippen molar-refractivity contribution in [2.45, 2.75) is 39.0 Å². The molecule has 16 heavy (non-hydrogen) atoms. The summed E-state index contributed by atoms with van der Waals surface area (Å²) in [5.41, 5.74) is 3.01. The lowest BCUT2D eigenvalue weighted by molar-refractivity contribution is 0.347. The Kier molecular flexibility index (Phi) is 3.97. The van der Waals surface area contributed by atoms with E-state index in [2.05, 4.69) is 41.1 Å². The van der Waals surface area contributed by atoms with E-state index in [4.69, 9.17) is 11.6 Å². The first-order chi connectivity index (χ1) is 7.65. The van der Waals surface area contributed by atoms with Crippen molar-refractivity contribution in [3.05, 3.63) is 34.3 Å². The summed E-state index contributed by atoms with van der Waals surface area (Å²) in [6.07, 6.45) is 6.53. The van der Waals surface area contributed by atoms with E-state index in [1.807, 2.05) is 0 Å². The van der Waals surface area contributed by atoms with Crippen LogP contribution in [0.4, 0.5) is 0 Å². The van der Waals surface area contributed by atoms with Crippen LogP contribution < -0.4 is 0 Å². The first-order valence-electron chi connectivity index (χ1n) is 5.96. The van der Waals surface area contributed by atoms with Crippen molar-refractivity contribution < 1.29 is 0 Å². The van der Waals surface area contributed by atoms with Crippen LogP contribution in [0.25, 0.3) is 0 Å². The highest BCUT2D eigenvalue weighted by atomic mass is 79.9. The number of halogens is 2. The van der Waals surface area contributed by atoms with Crippen molar-refractivity contribution >= 4 is 27.5 Å². The van der Waals surface area contributed by atoms with Crippen LogP contribution in [0, 0.1) is 12.3 Å². The lowest BCUT2D eigenvalue weighted by atomic mass is 9.82. The maximum Gasteiger partial charge on any atom is 0.0440 e. The minimum Gasteiger partial charge on any atom is -0.0922 e. The minimum absolute atomic E-state index is 0.457. The maximum atomic E-state index is 6.31. The van der Waals surface area contributed by atoms with Crippen molar-refractivity contribution in [1.29, 1.82) is 0 Å². The Balaban J connectivity index is 2.19. The molecule has 1 aliphatic rings. The lowest BCUT2D eigenvalue weighted by Crippen LogP contribution is -2.21. The summed E-state index contributed by atoms with van der Waals surface area (Å²) in [7, 11) is 0. The predicted molar refractivity (Wildman–Crippen MR) is 74.6 cm³/mol. The Labute approximate surface area is 112 Å². The van der Waals surface area contributed by atoms with Gasteiger partial charge in [-0.1, -0.05) is 52.5 Å². The van der Waals surface area contributed by atoms with Crippen molar-refractivity contribution in [3.63, 3.8) is 0 Å². The summed E-state index contributed by atoms with van der Waals surface area (Å²) in [4.78, 5) is 0. The predicted octanol–water partition coefficient (Wildman–Crippen LogP) is 5.15. The van der Waals surface area contributed by atoms with Crippen LogP contribution in [0.5, 0.6) is 0 Å². The van der Waals surface area contributed by atoms with Crippen LogP contribution in [-0.4, -0.2) is 5.33 Å². The fraction of sp³-hybridized carbons (Fsp3) is 0.571. The van der Waals surface area contributed by atoms with E-state index in [-0.39, 0.29) is 0 Å². The van der Waals surface area contributed by atoms with Gasteiger partial charge in [0.1, 0.15) is 0 Å². The molecule has 2 rings (SSSR count). The highest BCUT2D eigenvalue weighted by molar-refractivity contribution is 9.09. The molecule has 0 nitrogen and oxygen atoms in total. The Bertz CT molecular complexity index is 367. The molecule has 0 atom stereocenters. The van der Waals surface area contributed by atoms with Crippen molar-refractivity contribution in [1.82, 2.24) is 0 Å². The Hall–Kier alpha value is -0.0100. The summed E-state index contributed by atoms with van der Waals surface area (Å²) in [5.74, 6) is 0. The van der Waals surface area contributed by atoms with Gasteiger partial charge in [0, 0.05) is 10.4 Å². The van der Waals surface area contributed by atoms with Gasteiger partial charge >= 0.3 is 0 Å². The molecule has 0 amide bonds. The molecule has 1 aromatic rings. The lowest BCUT2D eigenvalue weighted by Gasteiger charge is -2.27. The topological polar surface area (TPSA) is 0 Å². The van der Waals surface area contributed by atoms with Gasteiger partial charge in [0.25, 0.3) is 0 Å². The Morgan fingerprint density at radius 1 is 1.31 bits per heavy atom. The fourth-order valence-corrected chi connectivity index (χ4v) is 3.74. The normalized spacial score (nSPS) is 18.9. The number of aryl methyl sites for hydroxylation is 1. The van der Waals surface area contributed by atoms with Crippen LogP contribution >= 0.6 is 27.5 Å². The average Bonchev–Trinajstić information content (AvgIpc) is 2.72. The zero-order chi connectivity index (χ0) is 11.6. The van der Waals surface area contributed by atoms with Gasteiger partial charge in [-0.25, -0.2) is 0 Å². The maximum absolute atomic E-state index is 6.31. The van der Waals surface area contributed by atoms with Crippen molar-refractivity contribution in [3.8, 4) is 0 Å². The molecule has 0 spiro atoms. The largest absolute Gasteiger partial charge is 0.0922 e. The van der Waals surface area contributed by atoms with Gasteiger partial charge in [-0.2, -0.15) is 0 Å². The van der Waals surface area contributed by atoms with Crippen LogP contribution in [0.1, 0.15) is 36.8 Å². The molecular weight excluding hydrogens is 284 g/mol. The van der Waals surface area contributed by atoms with Crippen molar-refractivity contribution in [2.24, 2.45) is 5.41 Å². The van der Waals surface area contributed by atoms with Gasteiger partial charge in [0.15, 0.2) is 0 Å². The molecule has 1 fully saturated rings. The van der Waals surface area contributed by atoms with E-state index in [0.29, 0.717) is 5.41 Å². The van der Waals surface area contributed by atoms with Crippen LogP contribution in [0.2, 0.25) is 5.02 Å². The van der Waals surface area contributed by atoms with Gasteiger partial charge in [0.2, 0.25) is 0 Å². The minimum atomic E-state index is 0.457. The zero-order valence-corrected chi connectivity index (χ0v) is 12.1. The molecule has 2 heteroatoms. The van der Waals surface area contributed by atoms with Gasteiger partial charge in [-0.05, 0) is 48.8 Å². The Morgan fingerprint density at radius 3 is 2.56 bits per heavy atom. The van der Waals surface area contributed by atoms with Crippen LogP contribution in [0.3, 0.4) is 0 Å². The summed E-state index contributed by atoms with van der Waals surface area (Å²) in [6.45, 7) is 2.09. The molecule has 0 unspecified atom stereocenters. The monoisotopic (exact) mass is 300 g/mol. The van der Waals surface area contributed by atoms with Crippen LogP contribution in [0.15, 0.2) is 18.2 Å². The molecular formula is C14H18BrCl. The molecule has 1 saturated carbocycles. The van der Waals surface area contributed by atoms with E-state index in [1.54, 1.807) is 0 Å². The van der Waals surface area contributed by atoms with Gasteiger partial charge < -0.3 is 0 Å². The smallest absolute Gasteiger partial charge is 0.0440 e. The summed E-state index contributed by atoms with van der Waals surface area (Å²) in [5, 5.41) is 2.04. The third-order valence-electron chi connectivity index (χ3n) is 3.72. The molecule has 0 bridgehead atoms. The molecule has 1 aromatic carbocycles. The summed E-state index contributed by atoms with van der Waals surface area (Å²) < 4.78 is 0. The van der Waals surface area contributed by atoms with E-state index < -0.39 is 0 Å².